The molecule has 0 unspecified atom stereocenters. The molecule has 0 spiro atoms. The van der Waals surface area contributed by atoms with Crippen LogP contribution in [0.4, 0.5) is 11.4 Å². The van der Waals surface area contributed by atoms with Gasteiger partial charge >= 0.3 is 0 Å². The average molecular weight is 394 g/mol. The van der Waals surface area contributed by atoms with Gasteiger partial charge < -0.3 is 15.1 Å². The number of aryl methyl sites for hydroxylation is 1. The zero-order chi connectivity index (χ0) is 20.8. The first-order valence-corrected chi connectivity index (χ1v) is 10.4. The molecule has 0 bridgehead atoms. The summed E-state index contributed by atoms with van der Waals surface area (Å²) in [7, 11) is 0. The Kier molecular flexibility index (Phi) is 6.91. The lowest BCUT2D eigenvalue weighted by molar-refractivity contribution is -0.121. The molecule has 0 fully saturated rings. The van der Waals surface area contributed by atoms with E-state index in [2.05, 4.69) is 54.4 Å². The number of para-hydroxylation sites is 1. The molecule has 1 aliphatic heterocycles. The minimum absolute atomic E-state index is 0.0557. The molecule has 3 rings (SSSR count). The Morgan fingerprint density at radius 2 is 1.97 bits per heavy atom. The first-order valence-electron chi connectivity index (χ1n) is 10.4. The first-order chi connectivity index (χ1) is 14.0. The molecule has 1 atom stereocenters. The van der Waals surface area contributed by atoms with E-state index in [1.165, 1.54) is 16.8 Å². The lowest BCUT2D eigenvalue weighted by atomic mass is 9.96. The second kappa shape index (κ2) is 9.59. The summed E-state index contributed by atoms with van der Waals surface area (Å²) < 4.78 is 0. The lowest BCUT2D eigenvalue weighted by Gasteiger charge is -2.23. The van der Waals surface area contributed by atoms with Gasteiger partial charge in [-0.05, 0) is 49.6 Å². The van der Waals surface area contributed by atoms with Gasteiger partial charge in [0.05, 0.1) is 0 Å². The number of likely N-dealkylation sites (N-methyl/N-ethyl adjacent to an activating group) is 1. The molecule has 2 aromatic rings. The number of nitrogens with zero attached hydrogens (tertiary/aromatic N) is 2. The summed E-state index contributed by atoms with van der Waals surface area (Å²) in [5, 5.41) is 3.05. The van der Waals surface area contributed by atoms with Gasteiger partial charge in [0.1, 0.15) is 0 Å². The van der Waals surface area contributed by atoms with Gasteiger partial charge in [0.25, 0.3) is 0 Å². The third kappa shape index (κ3) is 5.17. The van der Waals surface area contributed by atoms with Crippen molar-refractivity contribution < 1.29 is 9.59 Å². The number of amides is 2. The number of rotatable bonds is 8. The maximum Gasteiger partial charge on any atom is 0.223 e. The number of fused-ring (bicyclic) bond motifs is 1. The highest BCUT2D eigenvalue weighted by Crippen LogP contribution is 2.38. The lowest BCUT2D eigenvalue weighted by Crippen LogP contribution is -2.35. The maximum absolute atomic E-state index is 12.4. The van der Waals surface area contributed by atoms with E-state index in [4.69, 9.17) is 0 Å². The van der Waals surface area contributed by atoms with E-state index in [-0.39, 0.29) is 17.7 Å². The van der Waals surface area contributed by atoms with Crippen molar-refractivity contribution in [1.82, 2.24) is 5.32 Å². The number of hydrogen-bond acceptors (Lipinski definition) is 3. The molecular formula is C24H31N3O2. The van der Waals surface area contributed by atoms with Crippen LogP contribution in [0.15, 0.2) is 48.5 Å². The fourth-order valence-electron chi connectivity index (χ4n) is 4.06. The highest BCUT2D eigenvalue weighted by molar-refractivity contribution is 5.94. The fourth-order valence-corrected chi connectivity index (χ4v) is 4.06. The summed E-state index contributed by atoms with van der Waals surface area (Å²) in [5.74, 6) is 0.351. The summed E-state index contributed by atoms with van der Waals surface area (Å²) in [6.45, 7) is 8.80. The Morgan fingerprint density at radius 1 is 1.17 bits per heavy atom. The van der Waals surface area contributed by atoms with Crippen molar-refractivity contribution in [3.8, 4) is 0 Å². The molecule has 1 N–H and O–H groups in total. The van der Waals surface area contributed by atoms with E-state index in [9.17, 15) is 9.59 Å². The van der Waals surface area contributed by atoms with Crippen LogP contribution in [-0.2, 0) is 9.59 Å². The number of hydrogen-bond donors (Lipinski definition) is 1. The van der Waals surface area contributed by atoms with E-state index in [0.717, 1.165) is 25.2 Å². The zero-order valence-corrected chi connectivity index (χ0v) is 17.6. The molecule has 29 heavy (non-hydrogen) atoms. The van der Waals surface area contributed by atoms with Crippen LogP contribution in [0.5, 0.6) is 0 Å². The minimum atomic E-state index is 0.0557. The number of benzene rings is 2. The zero-order valence-electron chi connectivity index (χ0n) is 17.6. The van der Waals surface area contributed by atoms with Gasteiger partial charge in [0.15, 0.2) is 0 Å². The number of carbonyl (C=O) groups excluding carboxylic acids is 2. The smallest absolute Gasteiger partial charge is 0.223 e. The Hall–Kier alpha value is -2.82. The van der Waals surface area contributed by atoms with Crippen LogP contribution in [0.3, 0.4) is 0 Å². The molecule has 1 aliphatic rings. The summed E-state index contributed by atoms with van der Waals surface area (Å²) in [4.78, 5) is 28.4. The second-order valence-corrected chi connectivity index (χ2v) is 7.69. The minimum Gasteiger partial charge on any atom is -0.370 e. The second-order valence-electron chi connectivity index (χ2n) is 7.69. The molecular weight excluding hydrogens is 362 g/mol. The molecule has 5 heteroatoms. The average Bonchev–Trinajstić information content (AvgIpc) is 3.09. The van der Waals surface area contributed by atoms with Gasteiger partial charge in [0, 0.05) is 56.8 Å². The molecule has 0 aromatic heterocycles. The van der Waals surface area contributed by atoms with Crippen molar-refractivity contribution in [2.75, 3.05) is 36.0 Å². The molecule has 5 nitrogen and oxygen atoms in total. The topological polar surface area (TPSA) is 52.7 Å². The fraction of sp³-hybridized carbons (Fsp3) is 0.417. The van der Waals surface area contributed by atoms with Gasteiger partial charge in [-0.3, -0.25) is 9.59 Å². The summed E-state index contributed by atoms with van der Waals surface area (Å²) in [6, 6.07) is 16.4. The molecule has 1 heterocycles. The van der Waals surface area contributed by atoms with Crippen LogP contribution in [0, 0.1) is 6.92 Å². The van der Waals surface area contributed by atoms with Crippen molar-refractivity contribution in [1.29, 1.82) is 0 Å². The molecule has 154 valence electrons. The molecule has 0 saturated carbocycles. The van der Waals surface area contributed by atoms with Crippen molar-refractivity contribution in [2.45, 2.75) is 39.5 Å². The van der Waals surface area contributed by atoms with Gasteiger partial charge in [-0.1, -0.05) is 30.3 Å². The van der Waals surface area contributed by atoms with Gasteiger partial charge in [-0.2, -0.15) is 0 Å². The number of carbonyl (C=O) groups is 2. The van der Waals surface area contributed by atoms with Crippen LogP contribution < -0.4 is 15.1 Å². The molecule has 0 radical (unpaired) electrons. The number of anilines is 2. The Bertz CT molecular complexity index is 865. The largest absolute Gasteiger partial charge is 0.370 e. The first kappa shape index (κ1) is 20.9. The summed E-state index contributed by atoms with van der Waals surface area (Å²) in [5.41, 5.74) is 4.59. The molecule has 0 aliphatic carbocycles. The van der Waals surface area contributed by atoms with Gasteiger partial charge in [0.2, 0.25) is 11.8 Å². The van der Waals surface area contributed by atoms with E-state index < -0.39 is 0 Å². The van der Waals surface area contributed by atoms with E-state index in [0.29, 0.717) is 19.5 Å². The summed E-state index contributed by atoms with van der Waals surface area (Å²) in [6.07, 6.45) is 1.23. The van der Waals surface area contributed by atoms with E-state index in [1.807, 2.05) is 23.1 Å². The summed E-state index contributed by atoms with van der Waals surface area (Å²) >= 11 is 0. The van der Waals surface area contributed by atoms with E-state index >= 15 is 0 Å². The van der Waals surface area contributed by atoms with Gasteiger partial charge in [-0.25, -0.2) is 0 Å². The van der Waals surface area contributed by atoms with Crippen LogP contribution in [0.25, 0.3) is 0 Å². The Morgan fingerprint density at radius 3 is 2.69 bits per heavy atom. The van der Waals surface area contributed by atoms with Crippen LogP contribution >= 0.6 is 0 Å². The van der Waals surface area contributed by atoms with Gasteiger partial charge in [-0.15, -0.1) is 0 Å². The van der Waals surface area contributed by atoms with Crippen LogP contribution in [0.2, 0.25) is 0 Å². The normalized spacial score (nSPS) is 15.1. The highest BCUT2D eigenvalue weighted by Gasteiger charge is 2.30. The predicted molar refractivity (Wildman–Crippen MR) is 119 cm³/mol. The SMILES string of the molecule is CCN(CCNC(=O)CC[C@H]1CN(C(C)=O)c2ccccc21)c1cccc(C)c1. The van der Waals surface area contributed by atoms with Crippen molar-refractivity contribution >= 4 is 23.2 Å². The molecule has 0 saturated heterocycles. The number of nitrogens with one attached hydrogen (secondary N) is 1. The van der Waals surface area contributed by atoms with E-state index in [1.54, 1.807) is 6.92 Å². The predicted octanol–water partition coefficient (Wildman–Crippen LogP) is 3.87. The quantitative estimate of drug-likeness (QED) is 0.741. The Balaban J connectivity index is 1.47. The van der Waals surface area contributed by atoms with Crippen molar-refractivity contribution in [3.05, 3.63) is 59.7 Å². The third-order valence-electron chi connectivity index (χ3n) is 5.62. The molecule has 2 amide bonds. The van der Waals surface area contributed by atoms with Crippen LogP contribution in [0.1, 0.15) is 43.7 Å². The molecule has 2 aromatic carbocycles. The highest BCUT2D eigenvalue weighted by atomic mass is 16.2. The van der Waals surface area contributed by atoms with Crippen molar-refractivity contribution in [2.24, 2.45) is 0 Å². The van der Waals surface area contributed by atoms with Crippen LogP contribution in [-0.4, -0.2) is 38.0 Å². The maximum atomic E-state index is 12.4. The Labute approximate surface area is 173 Å². The standard InChI is InChI=1S/C24H31N3O2/c1-4-26(21-9-7-8-18(2)16-21)15-14-25-24(29)13-12-20-17-27(19(3)28)23-11-6-5-10-22(20)23/h5-11,16,20H,4,12-15,17H2,1-3H3,(H,25,29)/t20-/m0/s1. The third-order valence-corrected chi connectivity index (χ3v) is 5.62. The monoisotopic (exact) mass is 393 g/mol. The van der Waals surface area contributed by atoms with Crippen molar-refractivity contribution in [3.63, 3.8) is 0 Å².